The fraction of sp³-hybridized carbons (Fsp3) is 0.636. The number of halogens is 2. The maximum Gasteiger partial charge on any atom is 0.0960 e. The molecule has 0 aromatic carbocycles. The van der Waals surface area contributed by atoms with Crippen LogP contribution in [0.15, 0.2) is 6.07 Å². The summed E-state index contributed by atoms with van der Waals surface area (Å²) >= 11 is 11.5. The van der Waals surface area contributed by atoms with E-state index >= 15 is 0 Å². The first-order valence-electron chi connectivity index (χ1n) is 5.11. The van der Waals surface area contributed by atoms with Crippen molar-refractivity contribution in [3.8, 4) is 0 Å². The van der Waals surface area contributed by atoms with Crippen LogP contribution in [-0.4, -0.2) is 12.7 Å². The Labute approximate surface area is 108 Å². The van der Waals surface area contributed by atoms with E-state index in [1.165, 1.54) is 10.4 Å². The number of rotatable bonds is 2. The first-order valence-corrected chi connectivity index (χ1v) is 7.22. The molecule has 84 valence electrons. The van der Waals surface area contributed by atoms with Crippen molar-refractivity contribution in [1.82, 2.24) is 0 Å². The zero-order valence-corrected chi connectivity index (χ0v) is 12.0. The van der Waals surface area contributed by atoms with Crippen molar-refractivity contribution in [3.05, 3.63) is 20.8 Å². The number of hydrogen-bond donors (Lipinski definition) is 0. The molecule has 2 heterocycles. The molecule has 2 rings (SSSR count). The van der Waals surface area contributed by atoms with Gasteiger partial charge in [-0.25, -0.2) is 0 Å². The number of ether oxygens (including phenoxy) is 1. The van der Waals surface area contributed by atoms with E-state index in [0.29, 0.717) is 16.8 Å². The molecule has 1 fully saturated rings. The molecule has 15 heavy (non-hydrogen) atoms. The lowest BCUT2D eigenvalue weighted by Crippen LogP contribution is -2.15. The lowest BCUT2D eigenvalue weighted by Gasteiger charge is -2.19. The maximum absolute atomic E-state index is 6.08. The molecule has 1 aliphatic rings. The van der Waals surface area contributed by atoms with Crippen molar-refractivity contribution in [2.75, 3.05) is 6.61 Å². The van der Waals surface area contributed by atoms with E-state index in [1.807, 2.05) is 0 Å². The summed E-state index contributed by atoms with van der Waals surface area (Å²) in [6, 6.07) is 2.18. The van der Waals surface area contributed by atoms with Gasteiger partial charge < -0.3 is 4.74 Å². The number of aryl methyl sites for hydroxylation is 1. The van der Waals surface area contributed by atoms with E-state index in [-0.39, 0.29) is 0 Å². The SMILES string of the molecule is Cc1cc(C(Br)C2CCOC2C)sc1Cl. The molecule has 1 saturated heterocycles. The molecule has 3 atom stereocenters. The van der Waals surface area contributed by atoms with Crippen LogP contribution in [0.3, 0.4) is 0 Å². The van der Waals surface area contributed by atoms with E-state index < -0.39 is 0 Å². The van der Waals surface area contributed by atoms with Crippen LogP contribution in [-0.2, 0) is 4.74 Å². The van der Waals surface area contributed by atoms with Gasteiger partial charge in [-0.2, -0.15) is 0 Å². The minimum atomic E-state index is 0.343. The summed E-state index contributed by atoms with van der Waals surface area (Å²) in [4.78, 5) is 1.70. The van der Waals surface area contributed by atoms with Gasteiger partial charge in [0.05, 0.1) is 15.3 Å². The zero-order valence-electron chi connectivity index (χ0n) is 8.80. The lowest BCUT2D eigenvalue weighted by atomic mass is 9.97. The smallest absolute Gasteiger partial charge is 0.0960 e. The lowest BCUT2D eigenvalue weighted by molar-refractivity contribution is 0.106. The summed E-state index contributed by atoms with van der Waals surface area (Å²) < 4.78 is 6.49. The van der Waals surface area contributed by atoms with Crippen molar-refractivity contribution < 1.29 is 4.74 Å². The third-order valence-corrected chi connectivity index (χ3v) is 6.07. The highest BCUT2D eigenvalue weighted by Crippen LogP contribution is 2.43. The Balaban J connectivity index is 2.16. The van der Waals surface area contributed by atoms with E-state index in [4.69, 9.17) is 16.3 Å². The van der Waals surface area contributed by atoms with Gasteiger partial charge in [0.15, 0.2) is 0 Å². The molecular weight excluding hydrogens is 296 g/mol. The zero-order chi connectivity index (χ0) is 11.0. The Morgan fingerprint density at radius 1 is 1.67 bits per heavy atom. The molecule has 0 saturated carbocycles. The Bertz CT molecular complexity index is 333. The molecule has 1 aromatic heterocycles. The van der Waals surface area contributed by atoms with Gasteiger partial charge in [0.25, 0.3) is 0 Å². The summed E-state index contributed by atoms with van der Waals surface area (Å²) in [6.45, 7) is 5.08. The van der Waals surface area contributed by atoms with Gasteiger partial charge in [-0.05, 0) is 31.9 Å². The molecule has 0 spiro atoms. The van der Waals surface area contributed by atoms with E-state index in [2.05, 4.69) is 35.8 Å². The topological polar surface area (TPSA) is 9.23 Å². The maximum atomic E-state index is 6.08. The van der Waals surface area contributed by atoms with E-state index in [1.54, 1.807) is 11.3 Å². The highest BCUT2D eigenvalue weighted by Gasteiger charge is 2.32. The number of thiophene rings is 1. The molecule has 0 aliphatic carbocycles. The second-order valence-electron chi connectivity index (χ2n) is 4.04. The molecule has 0 bridgehead atoms. The van der Waals surface area contributed by atoms with Crippen LogP contribution in [0.2, 0.25) is 4.34 Å². The molecule has 0 N–H and O–H groups in total. The van der Waals surface area contributed by atoms with Gasteiger partial charge in [-0.3, -0.25) is 0 Å². The molecule has 1 nitrogen and oxygen atoms in total. The van der Waals surface area contributed by atoms with Crippen molar-refractivity contribution in [2.45, 2.75) is 31.2 Å². The summed E-state index contributed by atoms with van der Waals surface area (Å²) in [5, 5.41) is 0. The first-order chi connectivity index (χ1) is 7.09. The molecule has 3 unspecified atom stereocenters. The Hall–Kier alpha value is 0.430. The fourth-order valence-electron chi connectivity index (χ4n) is 1.96. The van der Waals surface area contributed by atoms with Gasteiger partial charge in [0.2, 0.25) is 0 Å². The predicted molar refractivity (Wildman–Crippen MR) is 69.3 cm³/mol. The van der Waals surface area contributed by atoms with Crippen LogP contribution in [0.5, 0.6) is 0 Å². The van der Waals surface area contributed by atoms with Gasteiger partial charge in [-0.15, -0.1) is 11.3 Å². The summed E-state index contributed by atoms with van der Waals surface area (Å²) in [7, 11) is 0. The van der Waals surface area contributed by atoms with Crippen LogP contribution in [0, 0.1) is 12.8 Å². The molecule has 0 amide bonds. The minimum absolute atomic E-state index is 0.343. The summed E-state index contributed by atoms with van der Waals surface area (Å²) in [5.41, 5.74) is 1.17. The van der Waals surface area contributed by atoms with E-state index in [9.17, 15) is 0 Å². The van der Waals surface area contributed by atoms with Gasteiger partial charge in [0.1, 0.15) is 0 Å². The Kier molecular flexibility index (Phi) is 3.76. The summed E-state index contributed by atoms with van der Waals surface area (Å²) in [6.07, 6.45) is 1.47. The second-order valence-corrected chi connectivity index (χ2v) is 6.71. The average Bonchev–Trinajstić information content (AvgIpc) is 2.74. The number of alkyl halides is 1. The standard InChI is InChI=1S/C11H14BrClOS/c1-6-5-9(15-11(6)13)10(12)8-3-4-14-7(8)2/h5,7-8,10H,3-4H2,1-2H3. The first kappa shape index (κ1) is 11.9. The third-order valence-electron chi connectivity index (χ3n) is 2.96. The number of hydrogen-bond acceptors (Lipinski definition) is 2. The molecule has 4 heteroatoms. The second kappa shape index (κ2) is 4.74. The quantitative estimate of drug-likeness (QED) is 0.727. The Morgan fingerprint density at radius 2 is 2.40 bits per heavy atom. The molecule has 0 radical (unpaired) electrons. The fourth-order valence-corrected chi connectivity index (χ4v) is 4.34. The van der Waals surface area contributed by atoms with E-state index in [0.717, 1.165) is 17.4 Å². The van der Waals surface area contributed by atoms with Crippen molar-refractivity contribution in [2.24, 2.45) is 5.92 Å². The van der Waals surface area contributed by atoms with Gasteiger partial charge >= 0.3 is 0 Å². The Morgan fingerprint density at radius 3 is 2.87 bits per heavy atom. The van der Waals surface area contributed by atoms with Gasteiger partial charge in [0, 0.05) is 17.4 Å². The monoisotopic (exact) mass is 308 g/mol. The molecule has 1 aromatic rings. The average molecular weight is 310 g/mol. The third kappa shape index (κ3) is 2.41. The van der Waals surface area contributed by atoms with Crippen molar-refractivity contribution in [1.29, 1.82) is 0 Å². The summed E-state index contributed by atoms with van der Waals surface area (Å²) in [5.74, 6) is 0.569. The van der Waals surface area contributed by atoms with Crippen molar-refractivity contribution in [3.63, 3.8) is 0 Å². The van der Waals surface area contributed by atoms with Gasteiger partial charge in [-0.1, -0.05) is 27.5 Å². The van der Waals surface area contributed by atoms with Crippen molar-refractivity contribution >= 4 is 38.9 Å². The van der Waals surface area contributed by atoms with Crippen LogP contribution in [0.25, 0.3) is 0 Å². The van der Waals surface area contributed by atoms with Crippen LogP contribution < -0.4 is 0 Å². The van der Waals surface area contributed by atoms with Crippen LogP contribution in [0.4, 0.5) is 0 Å². The normalized spacial score (nSPS) is 28.3. The molecular formula is C11H14BrClOS. The predicted octanol–water partition coefficient (Wildman–Crippen LogP) is 4.57. The van der Waals surface area contributed by atoms with Crippen LogP contribution >= 0.6 is 38.9 Å². The molecule has 1 aliphatic heterocycles. The largest absolute Gasteiger partial charge is 0.378 e. The minimum Gasteiger partial charge on any atom is -0.378 e. The highest BCUT2D eigenvalue weighted by atomic mass is 79.9. The van der Waals surface area contributed by atoms with Crippen LogP contribution in [0.1, 0.15) is 28.6 Å². The highest BCUT2D eigenvalue weighted by molar-refractivity contribution is 9.09.